The second-order valence-corrected chi connectivity index (χ2v) is 7.44. The standard InChI is InChI=1S/C19H20ClF3N4O4/c1-11-14(12(2)31-25-11)8-17(29)30-10-16(28)26-3-5-27(6-4-26)18-15(20)7-13(9-24-18)19(21,22)23/h7,9H,3-6,8,10H2,1-2H3. The first-order valence-electron chi connectivity index (χ1n) is 9.39. The van der Waals surface area contributed by atoms with Gasteiger partial charge in [-0.05, 0) is 19.9 Å². The first kappa shape index (κ1) is 22.9. The van der Waals surface area contributed by atoms with Gasteiger partial charge in [0.25, 0.3) is 5.91 Å². The number of piperazine rings is 1. The summed E-state index contributed by atoms with van der Waals surface area (Å²) in [5, 5.41) is 3.65. The molecule has 0 N–H and O–H groups in total. The Balaban J connectivity index is 1.49. The Morgan fingerprint density at radius 2 is 1.90 bits per heavy atom. The predicted octanol–water partition coefficient (Wildman–Crippen LogP) is 2.79. The fraction of sp³-hybridized carbons (Fsp3) is 0.474. The van der Waals surface area contributed by atoms with Crippen molar-refractivity contribution in [3.05, 3.63) is 39.9 Å². The van der Waals surface area contributed by atoms with Gasteiger partial charge in [-0.25, -0.2) is 4.98 Å². The van der Waals surface area contributed by atoms with Crippen LogP contribution in [0.25, 0.3) is 0 Å². The summed E-state index contributed by atoms with van der Waals surface area (Å²) >= 11 is 5.98. The van der Waals surface area contributed by atoms with E-state index in [0.29, 0.717) is 43.2 Å². The van der Waals surface area contributed by atoms with Crippen LogP contribution in [0.5, 0.6) is 0 Å². The molecule has 0 unspecified atom stereocenters. The van der Waals surface area contributed by atoms with Gasteiger partial charge in [-0.2, -0.15) is 13.2 Å². The van der Waals surface area contributed by atoms with Crippen molar-refractivity contribution in [3.8, 4) is 0 Å². The van der Waals surface area contributed by atoms with Gasteiger partial charge in [-0.15, -0.1) is 0 Å². The van der Waals surface area contributed by atoms with Crippen LogP contribution in [0.3, 0.4) is 0 Å². The van der Waals surface area contributed by atoms with Crippen molar-refractivity contribution in [3.63, 3.8) is 0 Å². The third-order valence-electron chi connectivity index (χ3n) is 4.94. The summed E-state index contributed by atoms with van der Waals surface area (Å²) < 4.78 is 48.3. The molecule has 1 aliphatic rings. The van der Waals surface area contributed by atoms with Crippen LogP contribution in [-0.4, -0.2) is 59.7 Å². The summed E-state index contributed by atoms with van der Waals surface area (Å²) in [7, 11) is 0. The van der Waals surface area contributed by atoms with Crippen LogP contribution in [0.2, 0.25) is 5.02 Å². The Morgan fingerprint density at radius 3 is 2.45 bits per heavy atom. The summed E-state index contributed by atoms with van der Waals surface area (Å²) in [5.74, 6) is -0.180. The van der Waals surface area contributed by atoms with E-state index in [4.69, 9.17) is 20.9 Å². The summed E-state index contributed by atoms with van der Waals surface area (Å²) in [6, 6.07) is 0.833. The van der Waals surface area contributed by atoms with Crippen molar-refractivity contribution in [2.24, 2.45) is 0 Å². The van der Waals surface area contributed by atoms with Crippen molar-refractivity contribution in [2.45, 2.75) is 26.4 Å². The molecule has 12 heteroatoms. The van der Waals surface area contributed by atoms with Gasteiger partial charge in [0.05, 0.1) is 22.7 Å². The topological polar surface area (TPSA) is 88.8 Å². The molecule has 1 aliphatic heterocycles. The van der Waals surface area contributed by atoms with E-state index in [1.165, 1.54) is 4.90 Å². The molecule has 1 fully saturated rings. The van der Waals surface area contributed by atoms with E-state index in [9.17, 15) is 22.8 Å². The van der Waals surface area contributed by atoms with E-state index < -0.39 is 24.3 Å². The first-order chi connectivity index (χ1) is 14.6. The SMILES string of the molecule is Cc1noc(C)c1CC(=O)OCC(=O)N1CCN(c2ncc(C(F)(F)F)cc2Cl)CC1. The van der Waals surface area contributed by atoms with Gasteiger partial charge in [-0.1, -0.05) is 16.8 Å². The van der Waals surface area contributed by atoms with Crippen LogP contribution in [-0.2, 0) is 26.9 Å². The lowest BCUT2D eigenvalue weighted by atomic mass is 10.1. The molecule has 0 bridgehead atoms. The van der Waals surface area contributed by atoms with E-state index in [2.05, 4.69) is 10.1 Å². The van der Waals surface area contributed by atoms with Gasteiger partial charge in [-0.3, -0.25) is 9.59 Å². The monoisotopic (exact) mass is 460 g/mol. The zero-order chi connectivity index (χ0) is 22.8. The van der Waals surface area contributed by atoms with Gasteiger partial charge in [0.1, 0.15) is 11.6 Å². The largest absolute Gasteiger partial charge is 0.455 e. The number of ether oxygens (including phenoxy) is 1. The van der Waals surface area contributed by atoms with Crippen molar-refractivity contribution >= 4 is 29.3 Å². The van der Waals surface area contributed by atoms with E-state index in [0.717, 1.165) is 12.3 Å². The molecule has 0 aromatic carbocycles. The van der Waals surface area contributed by atoms with Crippen LogP contribution < -0.4 is 4.90 Å². The number of halogens is 4. The lowest BCUT2D eigenvalue weighted by Crippen LogP contribution is -2.50. The fourth-order valence-electron chi connectivity index (χ4n) is 3.17. The molecule has 8 nitrogen and oxygen atoms in total. The number of esters is 1. The third-order valence-corrected chi connectivity index (χ3v) is 5.22. The predicted molar refractivity (Wildman–Crippen MR) is 104 cm³/mol. The minimum Gasteiger partial charge on any atom is -0.455 e. The Kier molecular flexibility index (Phi) is 6.73. The quantitative estimate of drug-likeness (QED) is 0.634. The highest BCUT2D eigenvalue weighted by molar-refractivity contribution is 6.33. The number of carbonyl (C=O) groups excluding carboxylic acids is 2. The van der Waals surface area contributed by atoms with E-state index in [-0.39, 0.29) is 23.2 Å². The van der Waals surface area contributed by atoms with E-state index >= 15 is 0 Å². The van der Waals surface area contributed by atoms with Crippen LogP contribution in [0.15, 0.2) is 16.8 Å². The average Bonchev–Trinajstić information content (AvgIpc) is 3.03. The molecule has 0 radical (unpaired) electrons. The average molecular weight is 461 g/mol. The van der Waals surface area contributed by atoms with Gasteiger partial charge in [0, 0.05) is 37.9 Å². The number of rotatable bonds is 5. The lowest BCUT2D eigenvalue weighted by molar-refractivity contribution is -0.151. The molecular weight excluding hydrogens is 441 g/mol. The van der Waals surface area contributed by atoms with Crippen LogP contribution in [0, 0.1) is 13.8 Å². The van der Waals surface area contributed by atoms with Gasteiger partial charge in [0.2, 0.25) is 0 Å². The van der Waals surface area contributed by atoms with Crippen LogP contribution in [0.1, 0.15) is 22.6 Å². The number of hydrogen-bond donors (Lipinski definition) is 0. The second-order valence-electron chi connectivity index (χ2n) is 7.04. The molecule has 0 atom stereocenters. The number of hydrogen-bond acceptors (Lipinski definition) is 7. The van der Waals surface area contributed by atoms with Crippen LogP contribution >= 0.6 is 11.6 Å². The van der Waals surface area contributed by atoms with Gasteiger partial charge < -0.3 is 19.1 Å². The number of alkyl halides is 3. The maximum Gasteiger partial charge on any atom is 0.417 e. The summed E-state index contributed by atoms with van der Waals surface area (Å²) in [6.45, 7) is 4.24. The zero-order valence-electron chi connectivity index (χ0n) is 16.8. The molecule has 0 saturated carbocycles. The Bertz CT molecular complexity index is 952. The number of anilines is 1. The fourth-order valence-corrected chi connectivity index (χ4v) is 3.46. The second kappa shape index (κ2) is 9.13. The minimum atomic E-state index is -4.52. The minimum absolute atomic E-state index is 0.0414. The van der Waals surface area contributed by atoms with Crippen molar-refractivity contribution in [1.29, 1.82) is 0 Å². The third kappa shape index (κ3) is 5.46. The molecule has 1 saturated heterocycles. The Labute approximate surface area is 180 Å². The number of carbonyl (C=O) groups is 2. The molecule has 3 heterocycles. The molecule has 1 amide bonds. The Hall–Kier alpha value is -2.82. The number of pyridine rings is 1. The summed E-state index contributed by atoms with van der Waals surface area (Å²) in [5.41, 5.74) is 0.299. The summed E-state index contributed by atoms with van der Waals surface area (Å²) in [4.78, 5) is 31.4. The highest BCUT2D eigenvalue weighted by atomic mass is 35.5. The van der Waals surface area contributed by atoms with Gasteiger partial charge in [0.15, 0.2) is 6.61 Å². The molecule has 0 aliphatic carbocycles. The Morgan fingerprint density at radius 1 is 1.23 bits per heavy atom. The molecule has 31 heavy (non-hydrogen) atoms. The molecular formula is C19H20ClF3N4O4. The number of aromatic nitrogens is 2. The normalized spacial score (nSPS) is 14.6. The molecule has 2 aromatic rings. The number of nitrogens with zero attached hydrogens (tertiary/aromatic N) is 4. The van der Waals surface area contributed by atoms with E-state index in [1.54, 1.807) is 18.7 Å². The van der Waals surface area contributed by atoms with Gasteiger partial charge >= 0.3 is 12.1 Å². The molecule has 0 spiro atoms. The lowest BCUT2D eigenvalue weighted by Gasteiger charge is -2.35. The smallest absolute Gasteiger partial charge is 0.417 e. The summed E-state index contributed by atoms with van der Waals surface area (Å²) in [6.07, 6.45) is -3.83. The van der Waals surface area contributed by atoms with Crippen molar-refractivity contribution < 1.29 is 32.0 Å². The zero-order valence-corrected chi connectivity index (χ0v) is 17.6. The van der Waals surface area contributed by atoms with Crippen molar-refractivity contribution in [1.82, 2.24) is 15.0 Å². The maximum atomic E-state index is 12.8. The van der Waals surface area contributed by atoms with E-state index in [1.807, 2.05) is 0 Å². The highest BCUT2D eigenvalue weighted by Gasteiger charge is 2.32. The van der Waals surface area contributed by atoms with Crippen molar-refractivity contribution in [2.75, 3.05) is 37.7 Å². The molecule has 3 rings (SSSR count). The molecule has 168 valence electrons. The number of aryl methyl sites for hydroxylation is 2. The maximum absolute atomic E-state index is 12.8. The highest BCUT2D eigenvalue weighted by Crippen LogP contribution is 2.33. The first-order valence-corrected chi connectivity index (χ1v) is 9.77. The number of amides is 1. The molecule has 2 aromatic heterocycles. The van der Waals surface area contributed by atoms with Crippen LogP contribution in [0.4, 0.5) is 19.0 Å².